The predicted octanol–water partition coefficient (Wildman–Crippen LogP) is 2.17. The lowest BCUT2D eigenvalue weighted by molar-refractivity contribution is -0.123. The van der Waals surface area contributed by atoms with E-state index in [1.807, 2.05) is 12.1 Å². The number of carbonyl (C=O) groups is 1. The summed E-state index contributed by atoms with van der Waals surface area (Å²) in [6.07, 6.45) is 3.25. The maximum absolute atomic E-state index is 11.6. The van der Waals surface area contributed by atoms with E-state index in [-0.39, 0.29) is 18.6 Å². The average Bonchev–Trinajstić information content (AvgIpc) is 2.43. The molecule has 0 fully saturated rings. The quantitative estimate of drug-likeness (QED) is 0.866. The Hall–Kier alpha value is -1.55. The summed E-state index contributed by atoms with van der Waals surface area (Å²) < 4.78 is 5.55. The van der Waals surface area contributed by atoms with Crippen LogP contribution in [0.2, 0.25) is 0 Å². The molecular weight excluding hydrogens is 252 g/mol. The normalized spacial score (nSPS) is 17.7. The SMILES string of the molecule is CC(C)CNC(=O)COc1ccc2c(c1)[C@@H](N)CCC2. The van der Waals surface area contributed by atoms with Crippen molar-refractivity contribution in [1.29, 1.82) is 0 Å². The number of aryl methyl sites for hydroxylation is 1. The third-order valence-electron chi connectivity index (χ3n) is 3.56. The van der Waals surface area contributed by atoms with E-state index in [9.17, 15) is 4.79 Å². The number of rotatable bonds is 5. The minimum absolute atomic E-state index is 0.0563. The van der Waals surface area contributed by atoms with Crippen molar-refractivity contribution >= 4 is 5.91 Å². The Morgan fingerprint density at radius 2 is 2.30 bits per heavy atom. The smallest absolute Gasteiger partial charge is 0.257 e. The molecule has 2 rings (SSSR count). The molecule has 1 aromatic carbocycles. The van der Waals surface area contributed by atoms with Crippen molar-refractivity contribution in [3.63, 3.8) is 0 Å². The minimum Gasteiger partial charge on any atom is -0.484 e. The number of ether oxygens (including phenoxy) is 1. The molecule has 0 spiro atoms. The largest absolute Gasteiger partial charge is 0.484 e. The topological polar surface area (TPSA) is 64.3 Å². The molecule has 4 heteroatoms. The fourth-order valence-corrected chi connectivity index (χ4v) is 2.42. The van der Waals surface area contributed by atoms with E-state index in [1.54, 1.807) is 0 Å². The molecule has 0 aromatic heterocycles. The summed E-state index contributed by atoms with van der Waals surface area (Å²) in [5.74, 6) is 1.09. The van der Waals surface area contributed by atoms with Crippen LogP contribution in [0.25, 0.3) is 0 Å². The Bertz CT molecular complexity index is 472. The number of hydrogen-bond acceptors (Lipinski definition) is 3. The first kappa shape index (κ1) is 14.9. The second kappa shape index (κ2) is 6.75. The lowest BCUT2D eigenvalue weighted by Crippen LogP contribution is -2.31. The highest BCUT2D eigenvalue weighted by molar-refractivity contribution is 5.77. The predicted molar refractivity (Wildman–Crippen MR) is 79.7 cm³/mol. The molecule has 0 aliphatic heterocycles. The molecule has 1 aliphatic carbocycles. The van der Waals surface area contributed by atoms with Gasteiger partial charge in [0.05, 0.1) is 0 Å². The van der Waals surface area contributed by atoms with E-state index in [0.717, 1.165) is 30.6 Å². The van der Waals surface area contributed by atoms with E-state index < -0.39 is 0 Å². The van der Waals surface area contributed by atoms with Crippen LogP contribution in [0.3, 0.4) is 0 Å². The van der Waals surface area contributed by atoms with Gasteiger partial charge < -0.3 is 15.8 Å². The number of fused-ring (bicyclic) bond motifs is 1. The summed E-state index contributed by atoms with van der Waals surface area (Å²) in [4.78, 5) is 11.6. The van der Waals surface area contributed by atoms with Gasteiger partial charge in [-0.05, 0) is 48.4 Å². The third kappa shape index (κ3) is 3.97. The van der Waals surface area contributed by atoms with Gasteiger partial charge in [0.25, 0.3) is 5.91 Å². The molecule has 0 unspecified atom stereocenters. The Morgan fingerprint density at radius 3 is 3.05 bits per heavy atom. The molecule has 0 radical (unpaired) electrons. The highest BCUT2D eigenvalue weighted by Gasteiger charge is 2.17. The summed E-state index contributed by atoms with van der Waals surface area (Å²) in [5.41, 5.74) is 8.59. The van der Waals surface area contributed by atoms with E-state index in [4.69, 9.17) is 10.5 Å². The molecule has 0 saturated carbocycles. The van der Waals surface area contributed by atoms with Gasteiger partial charge in [0.2, 0.25) is 0 Å². The standard InChI is InChI=1S/C16H24N2O2/c1-11(2)9-18-16(19)10-20-13-7-6-12-4-3-5-15(17)14(12)8-13/h6-8,11,15H,3-5,9-10,17H2,1-2H3,(H,18,19)/t15-/m0/s1. The lowest BCUT2D eigenvalue weighted by Gasteiger charge is -2.22. The molecule has 1 atom stereocenters. The molecule has 0 heterocycles. The first-order chi connectivity index (χ1) is 9.56. The average molecular weight is 276 g/mol. The first-order valence-corrected chi connectivity index (χ1v) is 7.34. The van der Waals surface area contributed by atoms with Crippen molar-refractivity contribution in [2.75, 3.05) is 13.2 Å². The fourth-order valence-electron chi connectivity index (χ4n) is 2.42. The second-order valence-electron chi connectivity index (χ2n) is 5.85. The van der Waals surface area contributed by atoms with Crippen LogP contribution in [0, 0.1) is 5.92 Å². The van der Waals surface area contributed by atoms with E-state index >= 15 is 0 Å². The molecule has 0 bridgehead atoms. The molecule has 1 amide bonds. The van der Waals surface area contributed by atoms with Crippen molar-refractivity contribution in [2.45, 2.75) is 39.2 Å². The van der Waals surface area contributed by atoms with Crippen LogP contribution in [-0.2, 0) is 11.2 Å². The number of hydrogen-bond donors (Lipinski definition) is 2. The van der Waals surface area contributed by atoms with Gasteiger partial charge in [0, 0.05) is 12.6 Å². The molecule has 0 saturated heterocycles. The molecule has 1 aromatic rings. The fraction of sp³-hybridized carbons (Fsp3) is 0.562. The first-order valence-electron chi connectivity index (χ1n) is 7.34. The minimum atomic E-state index is -0.0827. The van der Waals surface area contributed by atoms with Gasteiger partial charge in [-0.2, -0.15) is 0 Å². The summed E-state index contributed by atoms with van der Waals surface area (Å²) in [5, 5.41) is 2.83. The zero-order valence-electron chi connectivity index (χ0n) is 12.3. The number of carbonyl (C=O) groups excluding carboxylic acids is 1. The Kier molecular flexibility index (Phi) is 5.01. The summed E-state index contributed by atoms with van der Waals surface area (Å²) >= 11 is 0. The van der Waals surface area contributed by atoms with E-state index in [0.29, 0.717) is 12.5 Å². The maximum Gasteiger partial charge on any atom is 0.257 e. The maximum atomic E-state index is 11.6. The van der Waals surface area contributed by atoms with Crippen LogP contribution < -0.4 is 15.8 Å². The number of benzene rings is 1. The van der Waals surface area contributed by atoms with Crippen LogP contribution in [0.15, 0.2) is 18.2 Å². The van der Waals surface area contributed by atoms with Crippen LogP contribution in [0.4, 0.5) is 0 Å². The third-order valence-corrected chi connectivity index (χ3v) is 3.56. The summed E-state index contributed by atoms with van der Waals surface area (Å²) in [6, 6.07) is 6.06. The Balaban J connectivity index is 1.90. The van der Waals surface area contributed by atoms with Crippen LogP contribution in [0.1, 0.15) is 43.9 Å². The molecule has 3 N–H and O–H groups in total. The molecule has 20 heavy (non-hydrogen) atoms. The van der Waals surface area contributed by atoms with Crippen molar-refractivity contribution in [3.05, 3.63) is 29.3 Å². The lowest BCUT2D eigenvalue weighted by atomic mass is 9.88. The molecular formula is C16H24N2O2. The van der Waals surface area contributed by atoms with Gasteiger partial charge in [0.1, 0.15) is 5.75 Å². The second-order valence-corrected chi connectivity index (χ2v) is 5.85. The van der Waals surface area contributed by atoms with Gasteiger partial charge in [-0.15, -0.1) is 0 Å². The summed E-state index contributed by atoms with van der Waals surface area (Å²) in [6.45, 7) is 4.86. The number of amides is 1. The van der Waals surface area contributed by atoms with Crippen molar-refractivity contribution < 1.29 is 9.53 Å². The van der Waals surface area contributed by atoms with Crippen molar-refractivity contribution in [2.24, 2.45) is 11.7 Å². The zero-order chi connectivity index (χ0) is 14.5. The van der Waals surface area contributed by atoms with Gasteiger partial charge in [-0.1, -0.05) is 19.9 Å². The van der Waals surface area contributed by atoms with E-state index in [1.165, 1.54) is 5.56 Å². The number of nitrogens with one attached hydrogen (secondary N) is 1. The monoisotopic (exact) mass is 276 g/mol. The Labute approximate surface area is 120 Å². The van der Waals surface area contributed by atoms with Crippen LogP contribution in [-0.4, -0.2) is 19.1 Å². The van der Waals surface area contributed by atoms with Crippen LogP contribution >= 0.6 is 0 Å². The van der Waals surface area contributed by atoms with Crippen molar-refractivity contribution in [3.8, 4) is 5.75 Å². The van der Waals surface area contributed by atoms with Gasteiger partial charge in [-0.3, -0.25) is 4.79 Å². The molecule has 4 nitrogen and oxygen atoms in total. The zero-order valence-corrected chi connectivity index (χ0v) is 12.3. The number of nitrogens with two attached hydrogens (primary N) is 1. The molecule has 1 aliphatic rings. The highest BCUT2D eigenvalue weighted by atomic mass is 16.5. The van der Waals surface area contributed by atoms with E-state index in [2.05, 4.69) is 25.2 Å². The van der Waals surface area contributed by atoms with Gasteiger partial charge in [-0.25, -0.2) is 0 Å². The van der Waals surface area contributed by atoms with Crippen molar-refractivity contribution in [1.82, 2.24) is 5.32 Å². The van der Waals surface area contributed by atoms with Gasteiger partial charge >= 0.3 is 0 Å². The molecule has 110 valence electrons. The van der Waals surface area contributed by atoms with Crippen LogP contribution in [0.5, 0.6) is 5.75 Å². The Morgan fingerprint density at radius 1 is 1.50 bits per heavy atom. The highest BCUT2D eigenvalue weighted by Crippen LogP contribution is 2.30. The van der Waals surface area contributed by atoms with Gasteiger partial charge in [0.15, 0.2) is 6.61 Å². The summed E-state index contributed by atoms with van der Waals surface area (Å²) in [7, 11) is 0.